The Kier molecular flexibility index (Phi) is 1.39. The molecule has 1 nitrogen and oxygen atoms in total. The molecule has 3 aliphatic rings. The third-order valence-electron chi connectivity index (χ3n) is 4.51. The first-order valence-electron chi connectivity index (χ1n) is 5.57. The SMILES string of the molecule is CCC1CC1C1CC2C(C)N2C1. The smallest absolute Gasteiger partial charge is 0.0255 e. The van der Waals surface area contributed by atoms with Gasteiger partial charge in [-0.05, 0) is 37.5 Å². The molecule has 3 fully saturated rings. The summed E-state index contributed by atoms with van der Waals surface area (Å²) in [7, 11) is 0. The van der Waals surface area contributed by atoms with E-state index in [-0.39, 0.29) is 0 Å². The van der Waals surface area contributed by atoms with Crippen molar-refractivity contribution in [1.82, 2.24) is 4.90 Å². The Morgan fingerprint density at radius 1 is 1.33 bits per heavy atom. The van der Waals surface area contributed by atoms with E-state index in [1.807, 2.05) is 0 Å². The maximum atomic E-state index is 2.69. The van der Waals surface area contributed by atoms with Gasteiger partial charge >= 0.3 is 0 Å². The molecule has 0 aromatic carbocycles. The Labute approximate surface area is 75.1 Å². The lowest BCUT2D eigenvalue weighted by atomic mass is 9.96. The maximum Gasteiger partial charge on any atom is 0.0255 e. The highest BCUT2D eigenvalue weighted by Gasteiger charge is 2.55. The second kappa shape index (κ2) is 2.25. The Balaban J connectivity index is 1.56. The minimum Gasteiger partial charge on any atom is -0.294 e. The van der Waals surface area contributed by atoms with E-state index in [4.69, 9.17) is 0 Å². The number of piperidine rings is 1. The first kappa shape index (κ1) is 7.37. The summed E-state index contributed by atoms with van der Waals surface area (Å²) in [5.74, 6) is 3.34. The summed E-state index contributed by atoms with van der Waals surface area (Å²) in [6, 6.07) is 1.95. The molecular formula is C11H19N. The molecule has 2 saturated heterocycles. The van der Waals surface area contributed by atoms with Crippen LogP contribution in [0.4, 0.5) is 0 Å². The van der Waals surface area contributed by atoms with Crippen molar-refractivity contribution >= 4 is 0 Å². The van der Waals surface area contributed by atoms with Crippen LogP contribution in [-0.4, -0.2) is 23.5 Å². The lowest BCUT2D eigenvalue weighted by molar-refractivity contribution is 0.390. The predicted octanol–water partition coefficient (Wildman–Crippen LogP) is 2.13. The van der Waals surface area contributed by atoms with Crippen LogP contribution in [0.15, 0.2) is 0 Å². The lowest BCUT2D eigenvalue weighted by Crippen LogP contribution is -2.13. The topological polar surface area (TPSA) is 3.01 Å². The van der Waals surface area contributed by atoms with E-state index in [1.54, 1.807) is 6.42 Å². The van der Waals surface area contributed by atoms with Gasteiger partial charge in [0.05, 0.1) is 0 Å². The second-order valence-corrected chi connectivity index (χ2v) is 5.07. The molecule has 2 aliphatic heterocycles. The van der Waals surface area contributed by atoms with Crippen molar-refractivity contribution in [2.24, 2.45) is 17.8 Å². The van der Waals surface area contributed by atoms with Gasteiger partial charge < -0.3 is 0 Å². The quantitative estimate of drug-likeness (QED) is 0.566. The number of nitrogens with zero attached hydrogens (tertiary/aromatic N) is 1. The van der Waals surface area contributed by atoms with Gasteiger partial charge in [0.1, 0.15) is 0 Å². The maximum absolute atomic E-state index is 2.69. The van der Waals surface area contributed by atoms with Gasteiger partial charge in [-0.1, -0.05) is 13.3 Å². The standard InChI is InChI=1S/C11H19N/c1-3-8-4-10(8)9-5-11-7(2)12(11)6-9/h7-11H,3-6H2,1-2H3. The van der Waals surface area contributed by atoms with Crippen molar-refractivity contribution in [2.75, 3.05) is 6.54 Å². The Morgan fingerprint density at radius 3 is 2.67 bits per heavy atom. The van der Waals surface area contributed by atoms with Crippen LogP contribution in [0.25, 0.3) is 0 Å². The molecule has 0 spiro atoms. The fourth-order valence-corrected chi connectivity index (χ4v) is 3.40. The average Bonchev–Trinajstić information content (AvgIpc) is 2.92. The van der Waals surface area contributed by atoms with Gasteiger partial charge in [-0.15, -0.1) is 0 Å². The van der Waals surface area contributed by atoms with Crippen LogP contribution in [-0.2, 0) is 0 Å². The summed E-state index contributed by atoms with van der Waals surface area (Å²) in [5, 5.41) is 0. The zero-order valence-corrected chi connectivity index (χ0v) is 8.16. The average molecular weight is 165 g/mol. The molecule has 12 heavy (non-hydrogen) atoms. The fourth-order valence-electron chi connectivity index (χ4n) is 3.40. The molecule has 0 N–H and O–H groups in total. The van der Waals surface area contributed by atoms with E-state index in [0.717, 1.165) is 29.8 Å². The summed E-state index contributed by atoms with van der Waals surface area (Å²) in [6.45, 7) is 6.17. The fraction of sp³-hybridized carbons (Fsp3) is 1.00. The molecule has 6 unspecified atom stereocenters. The number of rotatable bonds is 2. The molecule has 1 heteroatoms. The summed E-state index contributed by atoms with van der Waals surface area (Å²) >= 11 is 0. The minimum atomic E-state index is 0.945. The largest absolute Gasteiger partial charge is 0.294 e. The molecule has 0 radical (unpaired) electrons. The summed E-state index contributed by atoms with van der Waals surface area (Å²) in [6.07, 6.45) is 4.51. The summed E-state index contributed by atoms with van der Waals surface area (Å²) in [5.41, 5.74) is 0. The van der Waals surface area contributed by atoms with E-state index in [2.05, 4.69) is 18.7 Å². The Morgan fingerprint density at radius 2 is 2.17 bits per heavy atom. The van der Waals surface area contributed by atoms with Crippen LogP contribution in [0.1, 0.15) is 33.1 Å². The van der Waals surface area contributed by atoms with Crippen LogP contribution in [0.3, 0.4) is 0 Å². The number of fused-ring (bicyclic) bond motifs is 1. The second-order valence-electron chi connectivity index (χ2n) is 5.07. The number of hydrogen-bond donors (Lipinski definition) is 0. The van der Waals surface area contributed by atoms with Crippen LogP contribution in [0.5, 0.6) is 0 Å². The predicted molar refractivity (Wildman–Crippen MR) is 50.0 cm³/mol. The molecule has 0 aromatic heterocycles. The zero-order chi connectivity index (χ0) is 8.29. The highest BCUT2D eigenvalue weighted by Crippen LogP contribution is 2.54. The van der Waals surface area contributed by atoms with E-state index in [1.165, 1.54) is 19.4 Å². The van der Waals surface area contributed by atoms with Crippen LogP contribution in [0.2, 0.25) is 0 Å². The van der Waals surface area contributed by atoms with Gasteiger partial charge in [0, 0.05) is 18.6 Å². The number of hydrogen-bond acceptors (Lipinski definition) is 1. The van der Waals surface area contributed by atoms with Gasteiger partial charge in [0.2, 0.25) is 0 Å². The van der Waals surface area contributed by atoms with Crippen molar-refractivity contribution in [3.63, 3.8) is 0 Å². The summed E-state index contributed by atoms with van der Waals surface area (Å²) in [4.78, 5) is 2.69. The van der Waals surface area contributed by atoms with E-state index in [0.29, 0.717) is 0 Å². The monoisotopic (exact) mass is 165 g/mol. The van der Waals surface area contributed by atoms with Gasteiger partial charge in [-0.2, -0.15) is 0 Å². The van der Waals surface area contributed by atoms with Crippen LogP contribution in [0, 0.1) is 17.8 Å². The Bertz CT molecular complexity index is 189. The third-order valence-corrected chi connectivity index (χ3v) is 4.51. The van der Waals surface area contributed by atoms with Crippen LogP contribution >= 0.6 is 0 Å². The first-order valence-corrected chi connectivity index (χ1v) is 5.57. The molecule has 0 aromatic rings. The van der Waals surface area contributed by atoms with E-state index < -0.39 is 0 Å². The molecule has 0 amide bonds. The van der Waals surface area contributed by atoms with Gasteiger partial charge in [-0.3, -0.25) is 4.90 Å². The van der Waals surface area contributed by atoms with Crippen molar-refractivity contribution in [1.29, 1.82) is 0 Å². The third kappa shape index (κ3) is 0.891. The van der Waals surface area contributed by atoms with Gasteiger partial charge in [0.15, 0.2) is 0 Å². The van der Waals surface area contributed by atoms with Crippen LogP contribution < -0.4 is 0 Å². The zero-order valence-electron chi connectivity index (χ0n) is 8.16. The molecule has 2 heterocycles. The highest BCUT2D eigenvalue weighted by molar-refractivity contribution is 5.09. The molecule has 3 rings (SSSR count). The van der Waals surface area contributed by atoms with Crippen molar-refractivity contribution < 1.29 is 0 Å². The molecule has 6 atom stereocenters. The van der Waals surface area contributed by atoms with Gasteiger partial charge in [0.25, 0.3) is 0 Å². The van der Waals surface area contributed by atoms with E-state index in [9.17, 15) is 0 Å². The first-order chi connectivity index (χ1) is 5.81. The van der Waals surface area contributed by atoms with Crippen molar-refractivity contribution in [2.45, 2.75) is 45.2 Å². The highest BCUT2D eigenvalue weighted by atomic mass is 15.4. The van der Waals surface area contributed by atoms with Crippen molar-refractivity contribution in [3.05, 3.63) is 0 Å². The normalized spacial score (nSPS) is 61.5. The molecule has 1 aliphatic carbocycles. The molecular weight excluding hydrogens is 146 g/mol. The molecule has 1 saturated carbocycles. The lowest BCUT2D eigenvalue weighted by Gasteiger charge is -2.11. The Hall–Kier alpha value is -0.0400. The molecule has 0 bridgehead atoms. The van der Waals surface area contributed by atoms with Crippen molar-refractivity contribution in [3.8, 4) is 0 Å². The molecule has 68 valence electrons. The van der Waals surface area contributed by atoms with E-state index >= 15 is 0 Å². The van der Waals surface area contributed by atoms with Gasteiger partial charge in [-0.25, -0.2) is 0 Å². The minimum absolute atomic E-state index is 0.945. The summed E-state index contributed by atoms with van der Waals surface area (Å²) < 4.78 is 0.